The molecule has 0 aliphatic heterocycles. The molecule has 0 aliphatic rings. The summed E-state index contributed by atoms with van der Waals surface area (Å²) in [4.78, 5) is 0. The van der Waals surface area contributed by atoms with Crippen molar-refractivity contribution in [1.29, 1.82) is 0 Å². The van der Waals surface area contributed by atoms with Crippen molar-refractivity contribution in [2.75, 3.05) is 6.61 Å². The predicted molar refractivity (Wildman–Crippen MR) is 77.0 cm³/mol. The van der Waals surface area contributed by atoms with E-state index in [0.29, 0.717) is 11.1 Å². The molecule has 0 spiro atoms. The Hall–Kier alpha value is -1.48. The third-order valence-corrected chi connectivity index (χ3v) is 3.24. The van der Waals surface area contributed by atoms with Crippen LogP contribution in [0.2, 0.25) is 0 Å². The molecule has 0 amide bonds. The van der Waals surface area contributed by atoms with Gasteiger partial charge >= 0.3 is 0 Å². The van der Waals surface area contributed by atoms with Crippen LogP contribution in [0.1, 0.15) is 13.3 Å². The molecule has 3 heteroatoms. The average molecular weight is 307 g/mol. The molecule has 2 aromatic carbocycles. The number of phenols is 1. The van der Waals surface area contributed by atoms with Crippen molar-refractivity contribution < 1.29 is 9.84 Å². The van der Waals surface area contributed by atoms with Crippen LogP contribution in [0.4, 0.5) is 0 Å². The van der Waals surface area contributed by atoms with Crippen LogP contribution >= 0.6 is 15.9 Å². The Balaban J connectivity index is 2.39. The van der Waals surface area contributed by atoms with Crippen LogP contribution in [0, 0.1) is 0 Å². The summed E-state index contributed by atoms with van der Waals surface area (Å²) in [5, 5.41) is 9.52. The van der Waals surface area contributed by atoms with Gasteiger partial charge in [-0.05, 0) is 46.1 Å². The van der Waals surface area contributed by atoms with E-state index in [-0.39, 0.29) is 5.75 Å². The first-order valence-electron chi connectivity index (χ1n) is 5.93. The van der Waals surface area contributed by atoms with Crippen molar-refractivity contribution in [2.45, 2.75) is 13.3 Å². The minimum atomic E-state index is 0.241. The Kier molecular flexibility index (Phi) is 4.26. The minimum Gasteiger partial charge on any atom is -0.507 e. The summed E-state index contributed by atoms with van der Waals surface area (Å²) < 4.78 is 6.42. The quantitative estimate of drug-likeness (QED) is 0.893. The Morgan fingerprint density at radius 1 is 1.17 bits per heavy atom. The molecule has 0 radical (unpaired) electrons. The lowest BCUT2D eigenvalue weighted by molar-refractivity contribution is 0.318. The van der Waals surface area contributed by atoms with Gasteiger partial charge in [-0.1, -0.05) is 31.2 Å². The third kappa shape index (κ3) is 2.85. The van der Waals surface area contributed by atoms with E-state index in [4.69, 9.17) is 4.74 Å². The number of hydrogen-bond acceptors (Lipinski definition) is 2. The predicted octanol–water partition coefficient (Wildman–Crippen LogP) is 4.61. The highest BCUT2D eigenvalue weighted by Crippen LogP contribution is 2.34. The zero-order chi connectivity index (χ0) is 13.0. The third-order valence-electron chi connectivity index (χ3n) is 2.61. The van der Waals surface area contributed by atoms with Crippen molar-refractivity contribution in [3.63, 3.8) is 0 Å². The lowest BCUT2D eigenvalue weighted by atomic mass is 10.0. The van der Waals surface area contributed by atoms with E-state index in [9.17, 15) is 5.11 Å². The molecule has 18 heavy (non-hydrogen) atoms. The number of para-hydroxylation sites is 1. The Bertz CT molecular complexity index is 538. The van der Waals surface area contributed by atoms with Gasteiger partial charge in [-0.25, -0.2) is 0 Å². The molecule has 0 aromatic heterocycles. The maximum atomic E-state index is 9.52. The van der Waals surface area contributed by atoms with Crippen molar-refractivity contribution >= 4 is 15.9 Å². The summed E-state index contributed by atoms with van der Waals surface area (Å²) in [5.74, 6) is 1.11. The average Bonchev–Trinajstić information content (AvgIpc) is 2.40. The van der Waals surface area contributed by atoms with Gasteiger partial charge in [0.25, 0.3) is 0 Å². The summed E-state index contributed by atoms with van der Waals surface area (Å²) in [6, 6.07) is 13.4. The fraction of sp³-hybridized carbons (Fsp3) is 0.200. The lowest BCUT2D eigenvalue weighted by Crippen LogP contribution is -1.96. The molecule has 0 saturated heterocycles. The monoisotopic (exact) mass is 306 g/mol. The maximum Gasteiger partial charge on any atom is 0.129 e. The smallest absolute Gasteiger partial charge is 0.129 e. The number of aromatic hydroxyl groups is 1. The largest absolute Gasteiger partial charge is 0.507 e. The van der Waals surface area contributed by atoms with E-state index in [0.717, 1.165) is 23.3 Å². The van der Waals surface area contributed by atoms with Crippen LogP contribution in [0.5, 0.6) is 11.5 Å². The van der Waals surface area contributed by atoms with Crippen molar-refractivity contribution in [3.8, 4) is 22.6 Å². The molecule has 0 saturated carbocycles. The van der Waals surface area contributed by atoms with E-state index < -0.39 is 0 Å². The summed E-state index contributed by atoms with van der Waals surface area (Å²) in [7, 11) is 0. The molecule has 0 unspecified atom stereocenters. The first kappa shape index (κ1) is 13.0. The Morgan fingerprint density at radius 3 is 2.67 bits per heavy atom. The molecule has 1 N–H and O–H groups in total. The summed E-state index contributed by atoms with van der Waals surface area (Å²) in [6.07, 6.45) is 0.980. The topological polar surface area (TPSA) is 29.5 Å². The summed E-state index contributed by atoms with van der Waals surface area (Å²) in [5.41, 5.74) is 2.05. The van der Waals surface area contributed by atoms with Crippen LogP contribution < -0.4 is 4.74 Å². The van der Waals surface area contributed by atoms with Crippen LogP contribution in [-0.2, 0) is 0 Å². The van der Waals surface area contributed by atoms with Gasteiger partial charge in [-0.2, -0.15) is 0 Å². The van der Waals surface area contributed by atoms with Crippen molar-refractivity contribution in [3.05, 3.63) is 46.9 Å². The molecule has 0 heterocycles. The van der Waals surface area contributed by atoms with Crippen molar-refractivity contribution in [1.82, 2.24) is 0 Å². The normalized spacial score (nSPS) is 10.3. The van der Waals surface area contributed by atoms with Crippen LogP contribution in [0.15, 0.2) is 46.9 Å². The van der Waals surface area contributed by atoms with E-state index in [1.807, 2.05) is 36.4 Å². The lowest BCUT2D eigenvalue weighted by Gasteiger charge is -2.11. The molecule has 0 aliphatic carbocycles. The van der Waals surface area contributed by atoms with E-state index >= 15 is 0 Å². The molecule has 0 fully saturated rings. The molecular weight excluding hydrogens is 292 g/mol. The minimum absolute atomic E-state index is 0.241. The fourth-order valence-electron chi connectivity index (χ4n) is 1.72. The van der Waals surface area contributed by atoms with E-state index in [1.165, 1.54) is 0 Å². The molecule has 2 nitrogen and oxygen atoms in total. The number of phenolic OH excluding ortho intramolecular Hbond substituents is 1. The van der Waals surface area contributed by atoms with Crippen molar-refractivity contribution in [2.24, 2.45) is 0 Å². The first-order chi connectivity index (χ1) is 8.72. The summed E-state index contributed by atoms with van der Waals surface area (Å²) in [6.45, 7) is 2.79. The number of rotatable bonds is 4. The van der Waals surface area contributed by atoms with Crippen LogP contribution in [0.25, 0.3) is 11.1 Å². The highest BCUT2D eigenvalue weighted by atomic mass is 79.9. The standard InChI is InChI=1S/C15H15BrO2/c1-2-9-18-15-6-4-3-5-12(15)11-7-8-14(17)13(16)10-11/h3-8,10,17H,2,9H2,1H3. The molecular formula is C15H15BrO2. The van der Waals surface area contributed by atoms with E-state index in [1.54, 1.807) is 6.07 Å². The Morgan fingerprint density at radius 2 is 1.94 bits per heavy atom. The fourth-order valence-corrected chi connectivity index (χ4v) is 2.10. The molecule has 94 valence electrons. The zero-order valence-electron chi connectivity index (χ0n) is 10.2. The number of halogens is 1. The van der Waals surface area contributed by atoms with Gasteiger partial charge in [0, 0.05) is 5.56 Å². The second kappa shape index (κ2) is 5.91. The Labute approximate surface area is 115 Å². The van der Waals surface area contributed by atoms with Gasteiger partial charge in [0.1, 0.15) is 11.5 Å². The van der Waals surface area contributed by atoms with Gasteiger partial charge in [0.2, 0.25) is 0 Å². The molecule has 2 aromatic rings. The number of benzene rings is 2. The van der Waals surface area contributed by atoms with Crippen LogP contribution in [-0.4, -0.2) is 11.7 Å². The number of hydrogen-bond donors (Lipinski definition) is 1. The van der Waals surface area contributed by atoms with Gasteiger partial charge < -0.3 is 9.84 Å². The first-order valence-corrected chi connectivity index (χ1v) is 6.72. The zero-order valence-corrected chi connectivity index (χ0v) is 11.8. The second-order valence-corrected chi connectivity index (χ2v) is 4.87. The second-order valence-electron chi connectivity index (χ2n) is 4.01. The van der Waals surface area contributed by atoms with E-state index in [2.05, 4.69) is 22.9 Å². The highest BCUT2D eigenvalue weighted by molar-refractivity contribution is 9.10. The number of ether oxygens (including phenoxy) is 1. The van der Waals surface area contributed by atoms with Gasteiger partial charge in [0.05, 0.1) is 11.1 Å². The molecule has 0 atom stereocenters. The summed E-state index contributed by atoms with van der Waals surface area (Å²) >= 11 is 3.33. The maximum absolute atomic E-state index is 9.52. The van der Waals surface area contributed by atoms with Crippen LogP contribution in [0.3, 0.4) is 0 Å². The van der Waals surface area contributed by atoms with Gasteiger partial charge in [0.15, 0.2) is 0 Å². The van der Waals surface area contributed by atoms with Gasteiger partial charge in [-0.15, -0.1) is 0 Å². The molecule has 2 rings (SSSR count). The molecule has 0 bridgehead atoms. The highest BCUT2D eigenvalue weighted by Gasteiger charge is 2.07. The van der Waals surface area contributed by atoms with Gasteiger partial charge in [-0.3, -0.25) is 0 Å². The SMILES string of the molecule is CCCOc1ccccc1-c1ccc(O)c(Br)c1.